The molecule has 0 saturated carbocycles. The topological polar surface area (TPSA) is 33.1 Å². The third kappa shape index (κ3) is 4.23. The molecule has 4 nitrogen and oxygen atoms in total. The highest BCUT2D eigenvalue weighted by atomic mass is 15.2. The minimum atomic E-state index is 0.771. The first-order valence-corrected chi connectivity index (χ1v) is 8.22. The Hall–Kier alpha value is -1.03. The first-order valence-electron chi connectivity index (χ1n) is 8.22. The van der Waals surface area contributed by atoms with Crippen molar-refractivity contribution in [3.63, 3.8) is 0 Å². The zero-order chi connectivity index (χ0) is 14.4. The van der Waals surface area contributed by atoms with Crippen molar-refractivity contribution < 1.29 is 0 Å². The fourth-order valence-electron chi connectivity index (χ4n) is 3.07. The molecule has 1 aliphatic heterocycles. The van der Waals surface area contributed by atoms with Crippen molar-refractivity contribution in [1.82, 2.24) is 14.5 Å². The van der Waals surface area contributed by atoms with E-state index in [1.165, 1.54) is 38.8 Å². The molecule has 114 valence electrons. The standard InChI is InChI=1S/C16H30N4/c1-4-10-20-13-14(2)18-16(20)17-9-7-12-19-11-6-5-8-15(19)3/h13,15H,4-12H2,1-3H3,(H,17,18). The van der Waals surface area contributed by atoms with Crippen molar-refractivity contribution >= 4 is 5.95 Å². The number of hydrogen-bond donors (Lipinski definition) is 1. The smallest absolute Gasteiger partial charge is 0.203 e. The quantitative estimate of drug-likeness (QED) is 0.777. The van der Waals surface area contributed by atoms with Gasteiger partial charge in [0.1, 0.15) is 0 Å². The number of hydrogen-bond acceptors (Lipinski definition) is 3. The zero-order valence-corrected chi connectivity index (χ0v) is 13.4. The second-order valence-electron chi connectivity index (χ2n) is 6.06. The van der Waals surface area contributed by atoms with Crippen LogP contribution in [0.1, 0.15) is 51.6 Å². The lowest BCUT2D eigenvalue weighted by Gasteiger charge is -2.33. The van der Waals surface area contributed by atoms with Crippen LogP contribution >= 0.6 is 0 Å². The van der Waals surface area contributed by atoms with Gasteiger partial charge >= 0.3 is 0 Å². The van der Waals surface area contributed by atoms with Crippen LogP contribution in [0.5, 0.6) is 0 Å². The van der Waals surface area contributed by atoms with Gasteiger partial charge in [0.05, 0.1) is 5.69 Å². The maximum atomic E-state index is 4.57. The summed E-state index contributed by atoms with van der Waals surface area (Å²) in [6.07, 6.45) is 8.63. The molecule has 2 rings (SSSR count). The van der Waals surface area contributed by atoms with Gasteiger partial charge in [-0.3, -0.25) is 0 Å². The second-order valence-corrected chi connectivity index (χ2v) is 6.06. The summed E-state index contributed by atoms with van der Waals surface area (Å²) < 4.78 is 2.23. The summed E-state index contributed by atoms with van der Waals surface area (Å²) in [5, 5.41) is 3.50. The molecule has 2 heterocycles. The molecular formula is C16H30N4. The Labute approximate surface area is 123 Å². The zero-order valence-electron chi connectivity index (χ0n) is 13.4. The van der Waals surface area contributed by atoms with E-state index in [0.717, 1.165) is 37.2 Å². The van der Waals surface area contributed by atoms with E-state index in [0.29, 0.717) is 0 Å². The Morgan fingerprint density at radius 3 is 2.95 bits per heavy atom. The van der Waals surface area contributed by atoms with Gasteiger partial charge in [-0.1, -0.05) is 13.3 Å². The number of anilines is 1. The Kier molecular flexibility index (Phi) is 5.89. The number of aromatic nitrogens is 2. The van der Waals surface area contributed by atoms with Crippen LogP contribution in [0.25, 0.3) is 0 Å². The van der Waals surface area contributed by atoms with Crippen LogP contribution in [0, 0.1) is 6.92 Å². The van der Waals surface area contributed by atoms with Crippen LogP contribution in [-0.2, 0) is 6.54 Å². The Bertz CT molecular complexity index is 399. The van der Waals surface area contributed by atoms with Crippen molar-refractivity contribution in [1.29, 1.82) is 0 Å². The Balaban J connectivity index is 1.72. The molecule has 0 bridgehead atoms. The van der Waals surface area contributed by atoms with E-state index in [9.17, 15) is 0 Å². The molecule has 1 saturated heterocycles. The van der Waals surface area contributed by atoms with E-state index < -0.39 is 0 Å². The van der Waals surface area contributed by atoms with Gasteiger partial charge in [0.25, 0.3) is 0 Å². The van der Waals surface area contributed by atoms with Gasteiger partial charge in [0.15, 0.2) is 0 Å². The maximum absolute atomic E-state index is 4.57. The summed E-state index contributed by atoms with van der Waals surface area (Å²) in [5.74, 6) is 1.04. The molecule has 1 N–H and O–H groups in total. The lowest BCUT2D eigenvalue weighted by atomic mass is 10.0. The maximum Gasteiger partial charge on any atom is 0.203 e. The lowest BCUT2D eigenvalue weighted by molar-refractivity contribution is 0.160. The fourth-order valence-corrected chi connectivity index (χ4v) is 3.07. The first kappa shape index (κ1) is 15.4. The fraction of sp³-hybridized carbons (Fsp3) is 0.812. The van der Waals surface area contributed by atoms with Crippen molar-refractivity contribution in [2.45, 2.75) is 65.5 Å². The minimum Gasteiger partial charge on any atom is -0.356 e. The molecule has 1 aliphatic rings. The molecule has 1 unspecified atom stereocenters. The summed E-state index contributed by atoms with van der Waals surface area (Å²) in [5.41, 5.74) is 1.10. The van der Waals surface area contributed by atoms with Crippen LogP contribution in [0.3, 0.4) is 0 Å². The van der Waals surface area contributed by atoms with Gasteiger partial charge in [-0.2, -0.15) is 0 Å². The number of nitrogens with zero attached hydrogens (tertiary/aromatic N) is 3. The minimum absolute atomic E-state index is 0.771. The predicted octanol–water partition coefficient (Wildman–Crippen LogP) is 3.28. The average molecular weight is 278 g/mol. The molecule has 1 fully saturated rings. The number of likely N-dealkylation sites (tertiary alicyclic amines) is 1. The molecule has 1 atom stereocenters. The molecule has 0 spiro atoms. The van der Waals surface area contributed by atoms with Crippen molar-refractivity contribution in [2.75, 3.05) is 25.0 Å². The third-order valence-corrected chi connectivity index (χ3v) is 4.21. The monoisotopic (exact) mass is 278 g/mol. The van der Waals surface area contributed by atoms with Crippen LogP contribution in [0.2, 0.25) is 0 Å². The lowest BCUT2D eigenvalue weighted by Crippen LogP contribution is -2.38. The summed E-state index contributed by atoms with van der Waals surface area (Å²) in [4.78, 5) is 7.20. The van der Waals surface area contributed by atoms with Gasteiger partial charge in [-0.25, -0.2) is 4.98 Å². The van der Waals surface area contributed by atoms with Crippen molar-refractivity contribution in [3.05, 3.63) is 11.9 Å². The molecule has 0 radical (unpaired) electrons. The van der Waals surface area contributed by atoms with E-state index in [-0.39, 0.29) is 0 Å². The van der Waals surface area contributed by atoms with E-state index in [1.54, 1.807) is 0 Å². The average Bonchev–Trinajstić information content (AvgIpc) is 2.77. The third-order valence-electron chi connectivity index (χ3n) is 4.21. The summed E-state index contributed by atoms with van der Waals surface area (Å²) in [6, 6.07) is 0.771. The number of imidazole rings is 1. The second kappa shape index (κ2) is 7.67. The highest BCUT2D eigenvalue weighted by Crippen LogP contribution is 2.16. The molecule has 1 aromatic heterocycles. The normalized spacial score (nSPS) is 20.2. The number of piperidine rings is 1. The summed E-state index contributed by atoms with van der Waals surface area (Å²) >= 11 is 0. The molecule has 1 aromatic rings. The van der Waals surface area contributed by atoms with Crippen LogP contribution in [0.15, 0.2) is 6.20 Å². The molecular weight excluding hydrogens is 248 g/mol. The van der Waals surface area contributed by atoms with Crippen LogP contribution in [0.4, 0.5) is 5.95 Å². The van der Waals surface area contributed by atoms with Gasteiger partial charge in [0.2, 0.25) is 5.95 Å². The summed E-state index contributed by atoms with van der Waals surface area (Å²) in [7, 11) is 0. The van der Waals surface area contributed by atoms with Gasteiger partial charge in [0, 0.05) is 31.9 Å². The number of rotatable bonds is 7. The predicted molar refractivity (Wildman–Crippen MR) is 85.2 cm³/mol. The van der Waals surface area contributed by atoms with Gasteiger partial charge < -0.3 is 14.8 Å². The van der Waals surface area contributed by atoms with E-state index >= 15 is 0 Å². The van der Waals surface area contributed by atoms with Crippen LogP contribution < -0.4 is 5.32 Å². The Morgan fingerprint density at radius 2 is 2.20 bits per heavy atom. The highest BCUT2D eigenvalue weighted by molar-refractivity contribution is 5.28. The molecule has 0 aliphatic carbocycles. The van der Waals surface area contributed by atoms with E-state index in [2.05, 4.69) is 46.7 Å². The Morgan fingerprint density at radius 1 is 1.35 bits per heavy atom. The van der Waals surface area contributed by atoms with E-state index in [1.807, 2.05) is 0 Å². The number of nitrogens with one attached hydrogen (secondary N) is 1. The highest BCUT2D eigenvalue weighted by Gasteiger charge is 2.17. The van der Waals surface area contributed by atoms with Crippen molar-refractivity contribution in [2.24, 2.45) is 0 Å². The van der Waals surface area contributed by atoms with Gasteiger partial charge in [-0.15, -0.1) is 0 Å². The van der Waals surface area contributed by atoms with E-state index in [4.69, 9.17) is 0 Å². The molecule has 0 aromatic carbocycles. The largest absolute Gasteiger partial charge is 0.356 e. The van der Waals surface area contributed by atoms with Crippen LogP contribution in [-0.4, -0.2) is 40.1 Å². The number of aryl methyl sites for hydroxylation is 2. The molecule has 4 heteroatoms. The molecule has 20 heavy (non-hydrogen) atoms. The van der Waals surface area contributed by atoms with Gasteiger partial charge in [-0.05, 0) is 46.1 Å². The molecule has 0 amide bonds. The van der Waals surface area contributed by atoms with Crippen molar-refractivity contribution in [3.8, 4) is 0 Å². The first-order chi connectivity index (χ1) is 9.70. The summed E-state index contributed by atoms with van der Waals surface area (Å²) in [6.45, 7) is 11.2. The SMILES string of the molecule is CCCn1cc(C)nc1NCCCN1CCCCC1C.